The summed E-state index contributed by atoms with van der Waals surface area (Å²) in [6.07, 6.45) is 4.06. The molecule has 0 amide bonds. The van der Waals surface area contributed by atoms with Crippen LogP contribution < -0.4 is 21.1 Å². The lowest BCUT2D eigenvalue weighted by Gasteiger charge is -2.29. The first-order valence-corrected chi connectivity index (χ1v) is 6.44. The Morgan fingerprint density at radius 1 is 1.06 bits per heavy atom. The normalized spacial score (nSPS) is 19.3. The first kappa shape index (κ1) is 11.4. The third-order valence-electron chi connectivity index (χ3n) is 3.23. The van der Waals surface area contributed by atoms with Crippen molar-refractivity contribution in [2.75, 3.05) is 43.0 Å². The zero-order valence-electron chi connectivity index (χ0n) is 10.4. The highest BCUT2D eigenvalue weighted by atomic mass is 15.7. The number of hydrogen-bond donors (Lipinski definition) is 3. The molecule has 0 spiro atoms. The van der Waals surface area contributed by atoms with Gasteiger partial charge in [-0.25, -0.2) is 10.5 Å². The maximum absolute atomic E-state index is 3.37. The number of rotatable bonds is 3. The quantitative estimate of drug-likeness (QED) is 0.733. The molecule has 1 aromatic carbocycles. The highest BCUT2D eigenvalue weighted by Crippen LogP contribution is 2.18. The van der Waals surface area contributed by atoms with E-state index in [0.29, 0.717) is 0 Å². The van der Waals surface area contributed by atoms with Crippen LogP contribution in [0.15, 0.2) is 36.5 Å². The maximum atomic E-state index is 3.37. The van der Waals surface area contributed by atoms with Gasteiger partial charge in [0.05, 0.1) is 5.69 Å². The molecule has 0 aromatic heterocycles. The standard InChI is InChI=1S/C13H19N5/c1-6-15-18(9-1)16-12-2-4-13(5-3-12)17-10-7-14-8-11-17/h1-5,9,14-16H,6-8,10-11H2. The monoisotopic (exact) mass is 245 g/mol. The van der Waals surface area contributed by atoms with Crippen LogP contribution in [0.4, 0.5) is 11.4 Å². The smallest absolute Gasteiger partial charge is 0.0558 e. The predicted octanol–water partition coefficient (Wildman–Crippen LogP) is 0.757. The number of hydrazine groups is 2. The average Bonchev–Trinajstić information content (AvgIpc) is 2.94. The Hall–Kier alpha value is -1.72. The molecule has 0 aliphatic carbocycles. The van der Waals surface area contributed by atoms with Crippen molar-refractivity contribution in [1.29, 1.82) is 0 Å². The van der Waals surface area contributed by atoms with Crippen LogP contribution in [0.5, 0.6) is 0 Å². The molecule has 18 heavy (non-hydrogen) atoms. The summed E-state index contributed by atoms with van der Waals surface area (Å²) in [4.78, 5) is 2.41. The van der Waals surface area contributed by atoms with Crippen molar-refractivity contribution in [1.82, 2.24) is 15.9 Å². The van der Waals surface area contributed by atoms with E-state index in [1.165, 1.54) is 5.69 Å². The van der Waals surface area contributed by atoms with Gasteiger partial charge in [-0.2, -0.15) is 0 Å². The van der Waals surface area contributed by atoms with Crippen molar-refractivity contribution < 1.29 is 0 Å². The van der Waals surface area contributed by atoms with Crippen molar-refractivity contribution in [3.05, 3.63) is 36.5 Å². The van der Waals surface area contributed by atoms with Gasteiger partial charge in [-0.15, -0.1) is 0 Å². The molecule has 2 heterocycles. The van der Waals surface area contributed by atoms with Crippen LogP contribution in [0.25, 0.3) is 0 Å². The van der Waals surface area contributed by atoms with Gasteiger partial charge in [0.1, 0.15) is 0 Å². The molecule has 2 aliphatic rings. The van der Waals surface area contributed by atoms with Crippen LogP contribution in [-0.4, -0.2) is 37.8 Å². The first-order valence-electron chi connectivity index (χ1n) is 6.44. The fourth-order valence-electron chi connectivity index (χ4n) is 2.25. The third-order valence-corrected chi connectivity index (χ3v) is 3.23. The highest BCUT2D eigenvalue weighted by molar-refractivity contribution is 5.55. The average molecular weight is 245 g/mol. The number of benzene rings is 1. The minimum atomic E-state index is 0.881. The Morgan fingerprint density at radius 3 is 2.50 bits per heavy atom. The molecule has 0 saturated carbocycles. The van der Waals surface area contributed by atoms with Crippen LogP contribution >= 0.6 is 0 Å². The van der Waals surface area contributed by atoms with Gasteiger partial charge in [0.25, 0.3) is 0 Å². The van der Waals surface area contributed by atoms with Crippen LogP contribution in [0.1, 0.15) is 0 Å². The van der Waals surface area contributed by atoms with E-state index in [2.05, 4.69) is 51.4 Å². The van der Waals surface area contributed by atoms with E-state index in [1.807, 2.05) is 11.3 Å². The number of hydrogen-bond acceptors (Lipinski definition) is 5. The van der Waals surface area contributed by atoms with Gasteiger partial charge in [-0.3, -0.25) is 5.43 Å². The molecule has 5 nitrogen and oxygen atoms in total. The van der Waals surface area contributed by atoms with E-state index >= 15 is 0 Å². The van der Waals surface area contributed by atoms with Gasteiger partial charge in [0.15, 0.2) is 0 Å². The molecule has 0 radical (unpaired) electrons. The van der Waals surface area contributed by atoms with Crippen molar-refractivity contribution in [2.45, 2.75) is 0 Å². The van der Waals surface area contributed by atoms with Crippen molar-refractivity contribution in [3.63, 3.8) is 0 Å². The maximum Gasteiger partial charge on any atom is 0.0558 e. The summed E-state index contributed by atoms with van der Waals surface area (Å²) in [6.45, 7) is 5.20. The molecule has 5 heteroatoms. The van der Waals surface area contributed by atoms with Crippen molar-refractivity contribution in [2.24, 2.45) is 0 Å². The zero-order chi connectivity index (χ0) is 12.2. The number of anilines is 2. The van der Waals surface area contributed by atoms with Crippen LogP contribution in [0, 0.1) is 0 Å². The Balaban J connectivity index is 1.62. The Labute approximate surface area is 107 Å². The van der Waals surface area contributed by atoms with Gasteiger partial charge in [0, 0.05) is 44.6 Å². The molecular formula is C13H19N5. The summed E-state index contributed by atoms with van der Waals surface area (Å²) < 4.78 is 0. The molecule has 0 atom stereocenters. The summed E-state index contributed by atoms with van der Waals surface area (Å²) in [5.74, 6) is 0. The largest absolute Gasteiger partial charge is 0.369 e. The lowest BCUT2D eigenvalue weighted by molar-refractivity contribution is 0.368. The lowest BCUT2D eigenvalue weighted by Crippen LogP contribution is -2.43. The van der Waals surface area contributed by atoms with Crippen LogP contribution in [0.2, 0.25) is 0 Å². The Morgan fingerprint density at radius 2 is 1.83 bits per heavy atom. The van der Waals surface area contributed by atoms with E-state index in [4.69, 9.17) is 0 Å². The number of nitrogens with one attached hydrogen (secondary N) is 3. The fourth-order valence-corrected chi connectivity index (χ4v) is 2.25. The molecule has 1 saturated heterocycles. The van der Waals surface area contributed by atoms with E-state index < -0.39 is 0 Å². The lowest BCUT2D eigenvalue weighted by atomic mass is 10.2. The molecule has 3 rings (SSSR count). The Bertz CT molecular complexity index is 408. The predicted molar refractivity (Wildman–Crippen MR) is 74.1 cm³/mol. The minimum Gasteiger partial charge on any atom is -0.369 e. The van der Waals surface area contributed by atoms with E-state index in [-0.39, 0.29) is 0 Å². The Kier molecular flexibility index (Phi) is 3.34. The molecular weight excluding hydrogens is 226 g/mol. The van der Waals surface area contributed by atoms with Crippen LogP contribution in [-0.2, 0) is 0 Å². The third kappa shape index (κ3) is 2.57. The van der Waals surface area contributed by atoms with E-state index in [0.717, 1.165) is 38.4 Å². The fraction of sp³-hybridized carbons (Fsp3) is 0.385. The van der Waals surface area contributed by atoms with E-state index in [9.17, 15) is 0 Å². The zero-order valence-corrected chi connectivity index (χ0v) is 10.4. The van der Waals surface area contributed by atoms with E-state index in [1.54, 1.807) is 0 Å². The molecule has 1 fully saturated rings. The molecule has 2 aliphatic heterocycles. The summed E-state index contributed by atoms with van der Waals surface area (Å²) in [7, 11) is 0. The van der Waals surface area contributed by atoms with Crippen molar-refractivity contribution in [3.8, 4) is 0 Å². The minimum absolute atomic E-state index is 0.881. The van der Waals surface area contributed by atoms with Gasteiger partial charge < -0.3 is 10.2 Å². The molecule has 3 N–H and O–H groups in total. The second-order valence-corrected chi connectivity index (χ2v) is 4.51. The molecule has 0 unspecified atom stereocenters. The summed E-state index contributed by atoms with van der Waals surface area (Å²) in [5, 5.41) is 5.24. The topological polar surface area (TPSA) is 42.6 Å². The molecule has 1 aromatic rings. The molecule has 0 bridgehead atoms. The van der Waals surface area contributed by atoms with Gasteiger partial charge >= 0.3 is 0 Å². The van der Waals surface area contributed by atoms with Gasteiger partial charge in [-0.05, 0) is 30.3 Å². The number of nitrogens with zero attached hydrogens (tertiary/aromatic N) is 2. The second-order valence-electron chi connectivity index (χ2n) is 4.51. The van der Waals surface area contributed by atoms with Gasteiger partial charge in [-0.1, -0.05) is 0 Å². The first-order chi connectivity index (χ1) is 8.92. The summed E-state index contributed by atoms with van der Waals surface area (Å²) >= 11 is 0. The summed E-state index contributed by atoms with van der Waals surface area (Å²) in [6, 6.07) is 8.58. The van der Waals surface area contributed by atoms with Crippen LogP contribution in [0.3, 0.4) is 0 Å². The van der Waals surface area contributed by atoms with Crippen molar-refractivity contribution >= 4 is 11.4 Å². The number of piperazine rings is 1. The molecule has 96 valence electrons. The second kappa shape index (κ2) is 5.29. The SMILES string of the molecule is C1=CN(Nc2ccc(N3CCNCC3)cc2)NC1. The van der Waals surface area contributed by atoms with Gasteiger partial charge in [0.2, 0.25) is 0 Å². The highest BCUT2D eigenvalue weighted by Gasteiger charge is 2.10. The summed E-state index contributed by atoms with van der Waals surface area (Å²) in [5.41, 5.74) is 8.84.